The van der Waals surface area contributed by atoms with Gasteiger partial charge in [-0.05, 0) is 44.5 Å². The van der Waals surface area contributed by atoms with Crippen LogP contribution in [0.2, 0.25) is 5.02 Å². The Bertz CT molecular complexity index is 1010. The highest BCUT2D eigenvalue weighted by Gasteiger charge is 2.41. The van der Waals surface area contributed by atoms with E-state index in [0.717, 1.165) is 17.0 Å². The second-order valence-corrected chi connectivity index (χ2v) is 7.55. The number of nitrogens with zero attached hydrogens (tertiary/aromatic N) is 3. The normalized spacial score (nSPS) is 16.5. The van der Waals surface area contributed by atoms with Gasteiger partial charge in [0.05, 0.1) is 22.0 Å². The van der Waals surface area contributed by atoms with Crippen LogP contribution in [0.3, 0.4) is 0 Å². The van der Waals surface area contributed by atoms with Crippen LogP contribution in [0.1, 0.15) is 31.0 Å². The molecule has 1 N–H and O–H groups in total. The Morgan fingerprint density at radius 1 is 1.35 bits per heavy atom. The van der Waals surface area contributed by atoms with Crippen molar-refractivity contribution in [2.45, 2.75) is 38.9 Å². The molecule has 0 radical (unpaired) electrons. The molecule has 1 fully saturated rings. The topological polar surface area (TPSA) is 65.5 Å². The van der Waals surface area contributed by atoms with E-state index in [1.165, 1.54) is 11.8 Å². The number of nitrogens with one attached hydrogen (secondary N) is 1. The van der Waals surface area contributed by atoms with Crippen molar-refractivity contribution in [1.29, 1.82) is 0 Å². The summed E-state index contributed by atoms with van der Waals surface area (Å²) in [5.41, 5.74) is 0.259. The Hall–Kier alpha value is -2.81. The van der Waals surface area contributed by atoms with Gasteiger partial charge in [0, 0.05) is 25.7 Å². The molecular weight excluding hydrogens is 433 g/mol. The molecule has 3 rings (SSSR count). The summed E-state index contributed by atoms with van der Waals surface area (Å²) in [7, 11) is 1.67. The molecule has 0 bridgehead atoms. The van der Waals surface area contributed by atoms with Crippen LogP contribution in [0.15, 0.2) is 30.3 Å². The van der Waals surface area contributed by atoms with Gasteiger partial charge in [0.1, 0.15) is 11.9 Å². The van der Waals surface area contributed by atoms with E-state index in [4.69, 9.17) is 11.6 Å². The maximum Gasteiger partial charge on any atom is 0.416 e. The van der Waals surface area contributed by atoms with E-state index >= 15 is 0 Å². The smallest absolute Gasteiger partial charge is 0.385 e. The molecule has 6 nitrogen and oxygen atoms in total. The lowest BCUT2D eigenvalue weighted by Gasteiger charge is -2.31. The second-order valence-electron chi connectivity index (χ2n) is 7.14. The van der Waals surface area contributed by atoms with Crippen LogP contribution in [-0.2, 0) is 15.8 Å². The summed E-state index contributed by atoms with van der Waals surface area (Å²) in [6.45, 7) is 3.47. The number of carbonyl (C=O) groups is 2. The number of para-hydroxylation sites is 1. The van der Waals surface area contributed by atoms with E-state index in [2.05, 4.69) is 10.3 Å². The van der Waals surface area contributed by atoms with E-state index in [1.807, 2.05) is 0 Å². The predicted octanol–water partition coefficient (Wildman–Crippen LogP) is 4.65. The zero-order chi connectivity index (χ0) is 22.9. The molecule has 2 amide bonds. The van der Waals surface area contributed by atoms with E-state index in [1.54, 1.807) is 32.2 Å². The van der Waals surface area contributed by atoms with Crippen LogP contribution in [0.5, 0.6) is 0 Å². The van der Waals surface area contributed by atoms with E-state index < -0.39 is 29.6 Å². The predicted molar refractivity (Wildman–Crippen MR) is 114 cm³/mol. The number of hydrogen-bond donors (Lipinski definition) is 1. The largest absolute Gasteiger partial charge is 0.416 e. The molecule has 2 aromatic rings. The molecule has 10 heteroatoms. The lowest BCUT2D eigenvalue weighted by atomic mass is 10.1. The third kappa shape index (κ3) is 4.46. The van der Waals surface area contributed by atoms with E-state index in [0.29, 0.717) is 16.4 Å². The zero-order valence-electron chi connectivity index (χ0n) is 17.3. The average molecular weight is 455 g/mol. The number of benzene rings is 1. The van der Waals surface area contributed by atoms with Crippen LogP contribution >= 0.6 is 11.6 Å². The van der Waals surface area contributed by atoms with Crippen molar-refractivity contribution in [3.8, 4) is 0 Å². The number of hydrogen-bond acceptors (Lipinski definition) is 4. The Morgan fingerprint density at radius 2 is 2.06 bits per heavy atom. The molecule has 1 atom stereocenters. The fraction of sp³-hybridized carbons (Fsp3) is 0.381. The summed E-state index contributed by atoms with van der Waals surface area (Å²) in [6, 6.07) is 5.84. The van der Waals surface area contributed by atoms with Gasteiger partial charge in [-0.15, -0.1) is 0 Å². The highest BCUT2D eigenvalue weighted by Crippen LogP contribution is 2.36. The summed E-state index contributed by atoms with van der Waals surface area (Å²) >= 11 is 6.24. The molecule has 1 aliphatic heterocycles. The average Bonchev–Trinajstić information content (AvgIpc) is 3.09. The Labute approximate surface area is 183 Å². The summed E-state index contributed by atoms with van der Waals surface area (Å²) in [4.78, 5) is 32.7. The highest BCUT2D eigenvalue weighted by atomic mass is 35.5. The van der Waals surface area contributed by atoms with Gasteiger partial charge in [0.25, 0.3) is 0 Å². The van der Waals surface area contributed by atoms with E-state index in [9.17, 15) is 22.8 Å². The van der Waals surface area contributed by atoms with Crippen LogP contribution in [0, 0.1) is 6.92 Å². The quantitative estimate of drug-likeness (QED) is 0.714. The number of carbonyl (C=O) groups excluding carboxylic acids is 2. The Balaban J connectivity index is 2.02. The number of likely N-dealkylation sites (N-methyl/N-ethyl adjacent to an activating group) is 1. The van der Waals surface area contributed by atoms with Gasteiger partial charge >= 0.3 is 6.18 Å². The van der Waals surface area contributed by atoms with Crippen molar-refractivity contribution in [3.05, 3.63) is 46.6 Å². The Kier molecular flexibility index (Phi) is 6.45. The van der Waals surface area contributed by atoms with Gasteiger partial charge in [-0.3, -0.25) is 14.5 Å². The molecule has 0 spiro atoms. The van der Waals surface area contributed by atoms with Crippen molar-refractivity contribution in [1.82, 2.24) is 4.98 Å². The number of rotatable bonds is 5. The summed E-state index contributed by atoms with van der Waals surface area (Å²) < 4.78 is 39.9. The molecule has 0 aliphatic carbocycles. The molecule has 1 aromatic heterocycles. The number of aromatic nitrogens is 1. The molecule has 1 saturated heterocycles. The summed E-state index contributed by atoms with van der Waals surface area (Å²) in [5, 5.41) is 3.38. The molecule has 1 unspecified atom stereocenters. The summed E-state index contributed by atoms with van der Waals surface area (Å²) in [6.07, 6.45) is -4.37. The van der Waals surface area contributed by atoms with E-state index in [-0.39, 0.29) is 30.9 Å². The minimum absolute atomic E-state index is 0.0410. The first kappa shape index (κ1) is 22.9. The number of aryl methyl sites for hydroxylation is 1. The minimum atomic E-state index is -4.59. The van der Waals surface area contributed by atoms with Crippen molar-refractivity contribution in [2.75, 3.05) is 28.7 Å². The minimum Gasteiger partial charge on any atom is -0.385 e. The maximum absolute atomic E-state index is 13.5. The van der Waals surface area contributed by atoms with Crippen molar-refractivity contribution >= 4 is 40.6 Å². The van der Waals surface area contributed by atoms with Gasteiger partial charge in [-0.2, -0.15) is 13.2 Å². The zero-order valence-corrected chi connectivity index (χ0v) is 18.0. The van der Waals surface area contributed by atoms with Gasteiger partial charge < -0.3 is 10.2 Å². The highest BCUT2D eigenvalue weighted by molar-refractivity contribution is 6.34. The van der Waals surface area contributed by atoms with Gasteiger partial charge in [-0.25, -0.2) is 4.98 Å². The Morgan fingerprint density at radius 3 is 2.68 bits per heavy atom. The SMILES string of the molecule is CCN(C(=O)C1CCC(=O)N1c1cc(C(F)(F)F)cc(C)n1)c1cccc(Cl)c1NC. The number of pyridine rings is 1. The molecule has 2 heterocycles. The van der Waals surface area contributed by atoms with Gasteiger partial charge in [0.15, 0.2) is 0 Å². The number of anilines is 3. The maximum atomic E-state index is 13.5. The second kappa shape index (κ2) is 8.74. The number of amides is 2. The molecule has 166 valence electrons. The van der Waals surface area contributed by atoms with Crippen molar-refractivity contribution in [2.24, 2.45) is 0 Å². The van der Waals surface area contributed by atoms with Gasteiger partial charge in [-0.1, -0.05) is 17.7 Å². The van der Waals surface area contributed by atoms with Crippen LogP contribution < -0.4 is 15.1 Å². The lowest BCUT2D eigenvalue weighted by Crippen LogP contribution is -2.47. The first-order chi connectivity index (χ1) is 14.6. The van der Waals surface area contributed by atoms with Gasteiger partial charge in [0.2, 0.25) is 11.8 Å². The molecule has 1 aliphatic rings. The summed E-state index contributed by atoms with van der Waals surface area (Å²) in [5.74, 6) is -1.03. The third-order valence-corrected chi connectivity index (χ3v) is 5.44. The number of halogens is 4. The molecule has 1 aromatic carbocycles. The van der Waals surface area contributed by atoms with Crippen LogP contribution in [0.4, 0.5) is 30.4 Å². The fourth-order valence-corrected chi connectivity index (χ4v) is 4.02. The number of alkyl halides is 3. The van der Waals surface area contributed by atoms with Crippen LogP contribution in [0.25, 0.3) is 0 Å². The molecular formula is C21H22ClF3N4O2. The van der Waals surface area contributed by atoms with Crippen molar-refractivity contribution in [3.63, 3.8) is 0 Å². The van der Waals surface area contributed by atoms with Crippen LogP contribution in [-0.4, -0.2) is 36.4 Å². The lowest BCUT2D eigenvalue weighted by molar-refractivity contribution is -0.137. The molecule has 31 heavy (non-hydrogen) atoms. The third-order valence-electron chi connectivity index (χ3n) is 5.13. The standard InChI is InChI=1S/C21H22ClF3N4O2/c1-4-28(15-7-5-6-14(22)19(15)26-3)20(31)16-8-9-18(30)29(16)17-11-13(21(23,24)25)10-12(2)27-17/h5-7,10-11,16,26H,4,8-9H2,1-3H3. The fourth-order valence-electron chi connectivity index (χ4n) is 3.75. The first-order valence-corrected chi connectivity index (χ1v) is 10.1. The molecule has 0 saturated carbocycles. The first-order valence-electron chi connectivity index (χ1n) is 9.74. The monoisotopic (exact) mass is 454 g/mol. The van der Waals surface area contributed by atoms with Crippen molar-refractivity contribution < 1.29 is 22.8 Å².